The van der Waals surface area contributed by atoms with Crippen molar-refractivity contribution in [1.29, 1.82) is 0 Å². The van der Waals surface area contributed by atoms with Crippen molar-refractivity contribution >= 4 is 21.4 Å². The predicted molar refractivity (Wildman–Crippen MR) is 75.8 cm³/mol. The Hall–Kier alpha value is -2.08. The third-order valence-corrected chi connectivity index (χ3v) is 4.58. The van der Waals surface area contributed by atoms with Gasteiger partial charge in [0.25, 0.3) is 10.0 Å². The van der Waals surface area contributed by atoms with Crippen molar-refractivity contribution in [2.45, 2.75) is 11.3 Å². The number of nitrogens with one attached hydrogen (secondary N) is 2. The summed E-state index contributed by atoms with van der Waals surface area (Å²) in [6, 6.07) is 10.6. The number of para-hydroxylation sites is 1. The largest absolute Gasteiger partial charge is 0.384 e. The number of sulfonamides is 1. The second-order valence-corrected chi connectivity index (χ2v) is 6.26. The Morgan fingerprint density at radius 2 is 1.95 bits per heavy atom. The zero-order valence-electron chi connectivity index (χ0n) is 10.6. The van der Waals surface area contributed by atoms with Crippen molar-refractivity contribution in [1.82, 2.24) is 0 Å². The lowest BCUT2D eigenvalue weighted by atomic mass is 10.2. The molecule has 0 bridgehead atoms. The fraction of sp³-hybridized carbons (Fsp3) is 0.143. The maximum Gasteiger partial charge on any atom is 0.262 e. The van der Waals surface area contributed by atoms with Crippen LogP contribution in [0.1, 0.15) is 5.56 Å². The average molecular weight is 292 g/mol. The molecule has 0 amide bonds. The van der Waals surface area contributed by atoms with E-state index in [1.165, 1.54) is 24.3 Å². The van der Waals surface area contributed by atoms with Crippen LogP contribution in [0.25, 0.3) is 0 Å². The van der Waals surface area contributed by atoms with E-state index in [9.17, 15) is 12.8 Å². The minimum Gasteiger partial charge on any atom is -0.384 e. The molecule has 6 heteroatoms. The Morgan fingerprint density at radius 3 is 2.75 bits per heavy atom. The molecule has 2 aromatic rings. The highest BCUT2D eigenvalue weighted by atomic mass is 32.2. The van der Waals surface area contributed by atoms with E-state index < -0.39 is 15.8 Å². The van der Waals surface area contributed by atoms with Gasteiger partial charge in [-0.1, -0.05) is 18.2 Å². The van der Waals surface area contributed by atoms with E-state index in [0.29, 0.717) is 0 Å². The fourth-order valence-corrected chi connectivity index (χ4v) is 3.28. The lowest BCUT2D eigenvalue weighted by molar-refractivity contribution is 0.598. The summed E-state index contributed by atoms with van der Waals surface area (Å²) in [5, 5.41) is 3.12. The highest BCUT2D eigenvalue weighted by Crippen LogP contribution is 2.26. The number of anilines is 2. The van der Waals surface area contributed by atoms with Gasteiger partial charge in [0, 0.05) is 12.2 Å². The van der Waals surface area contributed by atoms with Crippen LogP contribution in [0.15, 0.2) is 47.4 Å². The molecule has 1 heterocycles. The molecule has 0 spiro atoms. The van der Waals surface area contributed by atoms with Crippen LogP contribution < -0.4 is 10.0 Å². The molecule has 0 saturated carbocycles. The summed E-state index contributed by atoms with van der Waals surface area (Å²) in [6.07, 6.45) is 0.885. The van der Waals surface area contributed by atoms with Gasteiger partial charge in [-0.25, -0.2) is 12.8 Å². The van der Waals surface area contributed by atoms with Gasteiger partial charge in [0.15, 0.2) is 0 Å². The maximum absolute atomic E-state index is 13.5. The first kappa shape index (κ1) is 12.9. The fourth-order valence-electron chi connectivity index (χ4n) is 2.18. The molecule has 3 rings (SSSR count). The zero-order valence-corrected chi connectivity index (χ0v) is 11.4. The minimum absolute atomic E-state index is 0.0547. The van der Waals surface area contributed by atoms with Crippen LogP contribution in [-0.2, 0) is 16.4 Å². The van der Waals surface area contributed by atoms with E-state index in [-0.39, 0.29) is 10.6 Å². The van der Waals surface area contributed by atoms with Crippen LogP contribution in [0.2, 0.25) is 0 Å². The molecule has 0 unspecified atom stereocenters. The Kier molecular flexibility index (Phi) is 3.10. The minimum atomic E-state index is -3.79. The van der Waals surface area contributed by atoms with Crippen molar-refractivity contribution in [3.8, 4) is 0 Å². The molecule has 0 atom stereocenters. The van der Waals surface area contributed by atoms with Crippen LogP contribution in [0.4, 0.5) is 15.8 Å². The SMILES string of the molecule is O=S(=O)(Nc1ccccc1F)c1ccc2c(c1)NCC2. The van der Waals surface area contributed by atoms with Crippen LogP contribution in [-0.4, -0.2) is 15.0 Å². The number of rotatable bonds is 3. The first-order chi connectivity index (χ1) is 9.56. The van der Waals surface area contributed by atoms with Crippen molar-refractivity contribution < 1.29 is 12.8 Å². The molecule has 1 aliphatic heterocycles. The van der Waals surface area contributed by atoms with Crippen molar-refractivity contribution in [2.24, 2.45) is 0 Å². The van der Waals surface area contributed by atoms with Gasteiger partial charge < -0.3 is 5.32 Å². The van der Waals surface area contributed by atoms with E-state index in [0.717, 1.165) is 24.2 Å². The normalized spacial score (nSPS) is 13.7. The molecular formula is C14H13FN2O2S. The number of halogens is 1. The number of fused-ring (bicyclic) bond motifs is 1. The van der Waals surface area contributed by atoms with Gasteiger partial charge >= 0.3 is 0 Å². The Morgan fingerprint density at radius 1 is 1.15 bits per heavy atom. The number of hydrogen-bond acceptors (Lipinski definition) is 3. The average Bonchev–Trinajstić information content (AvgIpc) is 2.88. The molecule has 20 heavy (non-hydrogen) atoms. The molecular weight excluding hydrogens is 279 g/mol. The zero-order chi connectivity index (χ0) is 14.2. The van der Waals surface area contributed by atoms with Crippen LogP contribution >= 0.6 is 0 Å². The highest BCUT2D eigenvalue weighted by molar-refractivity contribution is 7.92. The van der Waals surface area contributed by atoms with Gasteiger partial charge in [0.1, 0.15) is 5.82 Å². The summed E-state index contributed by atoms with van der Waals surface area (Å²) in [4.78, 5) is 0.119. The molecule has 1 aliphatic rings. The molecule has 2 N–H and O–H groups in total. The van der Waals surface area contributed by atoms with Gasteiger partial charge in [0.2, 0.25) is 0 Å². The van der Waals surface area contributed by atoms with Crippen molar-refractivity contribution in [2.75, 3.05) is 16.6 Å². The molecule has 104 valence electrons. The molecule has 0 fully saturated rings. The maximum atomic E-state index is 13.5. The van der Waals surface area contributed by atoms with E-state index in [4.69, 9.17) is 0 Å². The molecule has 0 aromatic heterocycles. The van der Waals surface area contributed by atoms with E-state index >= 15 is 0 Å². The monoisotopic (exact) mass is 292 g/mol. The highest BCUT2D eigenvalue weighted by Gasteiger charge is 2.19. The van der Waals surface area contributed by atoms with Crippen LogP contribution in [0, 0.1) is 5.82 Å². The van der Waals surface area contributed by atoms with E-state index in [2.05, 4.69) is 10.0 Å². The van der Waals surface area contributed by atoms with Gasteiger partial charge in [-0.3, -0.25) is 4.72 Å². The lowest BCUT2D eigenvalue weighted by Crippen LogP contribution is -2.14. The van der Waals surface area contributed by atoms with Gasteiger partial charge in [-0.2, -0.15) is 0 Å². The third-order valence-electron chi connectivity index (χ3n) is 3.22. The second-order valence-electron chi connectivity index (χ2n) is 4.58. The summed E-state index contributed by atoms with van der Waals surface area (Å²) >= 11 is 0. The molecule has 4 nitrogen and oxygen atoms in total. The first-order valence-electron chi connectivity index (χ1n) is 6.20. The van der Waals surface area contributed by atoms with E-state index in [1.807, 2.05) is 0 Å². The first-order valence-corrected chi connectivity index (χ1v) is 7.69. The summed E-state index contributed by atoms with van der Waals surface area (Å²) in [5.41, 5.74) is 1.86. The van der Waals surface area contributed by atoms with Crippen molar-refractivity contribution in [3.63, 3.8) is 0 Å². The van der Waals surface area contributed by atoms with Crippen LogP contribution in [0.3, 0.4) is 0 Å². The molecule has 0 radical (unpaired) electrons. The summed E-state index contributed by atoms with van der Waals surface area (Å²) in [6.45, 7) is 0.805. The number of benzene rings is 2. The van der Waals surface area contributed by atoms with Gasteiger partial charge in [0.05, 0.1) is 10.6 Å². The number of hydrogen-bond donors (Lipinski definition) is 2. The van der Waals surface area contributed by atoms with Crippen molar-refractivity contribution in [3.05, 3.63) is 53.8 Å². The summed E-state index contributed by atoms with van der Waals surface area (Å²) < 4.78 is 40.3. The van der Waals surface area contributed by atoms with E-state index in [1.54, 1.807) is 18.2 Å². The van der Waals surface area contributed by atoms with Gasteiger partial charge in [-0.05, 0) is 36.2 Å². The molecule has 2 aromatic carbocycles. The second kappa shape index (κ2) is 4.79. The Bertz CT molecular complexity index is 760. The third kappa shape index (κ3) is 2.34. The standard InChI is InChI=1S/C14H13FN2O2S/c15-12-3-1-2-4-13(12)17-20(18,19)11-6-5-10-7-8-16-14(10)9-11/h1-6,9,16-17H,7-8H2. The Balaban J connectivity index is 1.94. The quantitative estimate of drug-likeness (QED) is 0.914. The topological polar surface area (TPSA) is 58.2 Å². The smallest absolute Gasteiger partial charge is 0.262 e. The Labute approximate surface area is 116 Å². The predicted octanol–water partition coefficient (Wildman–Crippen LogP) is 2.59. The summed E-state index contributed by atoms with van der Waals surface area (Å²) in [5.74, 6) is -0.602. The molecule has 0 aliphatic carbocycles. The lowest BCUT2D eigenvalue weighted by Gasteiger charge is -2.10. The van der Waals surface area contributed by atoms with Gasteiger partial charge in [-0.15, -0.1) is 0 Å². The van der Waals surface area contributed by atoms with Crippen LogP contribution in [0.5, 0.6) is 0 Å². The summed E-state index contributed by atoms with van der Waals surface area (Å²) in [7, 11) is -3.79. The molecule has 0 saturated heterocycles.